The number of alkyl halides is 3. The highest BCUT2D eigenvalue weighted by Crippen LogP contribution is 2.26. The molecule has 35 heavy (non-hydrogen) atoms. The number of hydrogen-bond acceptors (Lipinski definition) is 3. The van der Waals surface area contributed by atoms with Crippen LogP contribution in [-0.4, -0.2) is 30.8 Å². The molecule has 0 atom stereocenters. The van der Waals surface area contributed by atoms with Gasteiger partial charge in [0.15, 0.2) is 0 Å². The minimum atomic E-state index is -4.52. The van der Waals surface area contributed by atoms with Gasteiger partial charge < -0.3 is 15.0 Å². The Morgan fingerprint density at radius 1 is 1.00 bits per heavy atom. The van der Waals surface area contributed by atoms with Crippen molar-refractivity contribution in [1.29, 1.82) is 0 Å². The molecule has 1 aliphatic heterocycles. The molecule has 2 rings (SSSR count). The van der Waals surface area contributed by atoms with Crippen LogP contribution >= 0.6 is 0 Å². The third-order valence-corrected chi connectivity index (χ3v) is 3.99. The van der Waals surface area contributed by atoms with Crippen LogP contribution in [0.25, 0.3) is 0 Å². The van der Waals surface area contributed by atoms with E-state index in [4.69, 9.17) is 4.65 Å². The van der Waals surface area contributed by atoms with Gasteiger partial charge in [0, 0.05) is 23.4 Å². The largest absolute Gasteiger partial charge is 0.491 e. The van der Waals surface area contributed by atoms with Crippen LogP contribution in [0.1, 0.15) is 81.7 Å². The molecule has 1 aromatic carbocycles. The van der Waals surface area contributed by atoms with Crippen molar-refractivity contribution in [3.05, 3.63) is 58.7 Å². The molecular formula is C27H45BF3NO3. The second kappa shape index (κ2) is 21.0. The fourth-order valence-electron chi connectivity index (χ4n) is 2.46. The minimum absolute atomic E-state index is 0.124. The van der Waals surface area contributed by atoms with E-state index in [9.17, 15) is 23.0 Å². The van der Waals surface area contributed by atoms with Gasteiger partial charge in [0.25, 0.3) is 5.91 Å². The van der Waals surface area contributed by atoms with Crippen molar-refractivity contribution in [3.8, 4) is 0 Å². The molecule has 0 radical (unpaired) electrons. The lowest BCUT2D eigenvalue weighted by atomic mass is 9.73. The SMILES string of the molecule is CC.CC.CC.CC.CC(C)=C/C=C(\C=C(/C)C(F)(F)F)C(=O)Nc1ccc2c(c1)B(O)OCC2. The molecule has 0 fully saturated rings. The summed E-state index contributed by atoms with van der Waals surface area (Å²) in [5.74, 6) is -0.678. The summed E-state index contributed by atoms with van der Waals surface area (Å²) in [5, 5.41) is 12.5. The van der Waals surface area contributed by atoms with Crippen molar-refractivity contribution < 1.29 is 27.6 Å². The Morgan fingerprint density at radius 3 is 2.03 bits per heavy atom. The molecule has 0 unspecified atom stereocenters. The van der Waals surface area contributed by atoms with Gasteiger partial charge in [-0.25, -0.2) is 0 Å². The average Bonchev–Trinajstić information content (AvgIpc) is 2.86. The quantitative estimate of drug-likeness (QED) is 0.258. The number of rotatable bonds is 4. The summed E-state index contributed by atoms with van der Waals surface area (Å²) in [6.07, 6.45) is -0.154. The minimum Gasteiger partial charge on any atom is -0.423 e. The third kappa shape index (κ3) is 14.6. The summed E-state index contributed by atoms with van der Waals surface area (Å²) in [6.45, 7) is 20.9. The van der Waals surface area contributed by atoms with E-state index in [1.165, 1.54) is 6.08 Å². The zero-order valence-corrected chi connectivity index (χ0v) is 23.4. The smallest absolute Gasteiger partial charge is 0.423 e. The number of benzene rings is 1. The van der Waals surface area contributed by atoms with Gasteiger partial charge in [0.1, 0.15) is 0 Å². The van der Waals surface area contributed by atoms with Crippen molar-refractivity contribution in [2.45, 2.75) is 88.8 Å². The number of hydrogen-bond donors (Lipinski definition) is 2. The van der Waals surface area contributed by atoms with Crippen LogP contribution in [0.2, 0.25) is 0 Å². The van der Waals surface area contributed by atoms with E-state index in [2.05, 4.69) is 5.32 Å². The maximum Gasteiger partial charge on any atom is 0.491 e. The molecule has 4 nitrogen and oxygen atoms in total. The molecule has 2 N–H and O–H groups in total. The van der Waals surface area contributed by atoms with Gasteiger partial charge in [-0.1, -0.05) is 73.1 Å². The maximum atomic E-state index is 12.8. The number of allylic oxidation sites excluding steroid dienone is 4. The first kappa shape index (κ1) is 37.2. The standard InChI is InChI=1S/C19H21BF3NO3.4C2H6/c1-12(2)4-5-15(10-13(3)19(21,22)23)18(25)24-16-7-6-14-8-9-27-20(26)17(14)11-16;4*1-2/h4-7,10-11,26H,8-9H2,1-3H3,(H,24,25);4*1-2H3/b13-10+,15-5+;;;;. The van der Waals surface area contributed by atoms with Crippen LogP contribution in [0.3, 0.4) is 0 Å². The van der Waals surface area contributed by atoms with Crippen LogP contribution in [0.5, 0.6) is 0 Å². The number of halogens is 3. The molecule has 0 saturated heterocycles. The van der Waals surface area contributed by atoms with Crippen LogP contribution in [0.15, 0.2) is 53.1 Å². The van der Waals surface area contributed by atoms with E-state index in [1.807, 2.05) is 55.4 Å². The fourth-order valence-corrected chi connectivity index (χ4v) is 2.46. The Bertz CT molecular complexity index is 812. The van der Waals surface area contributed by atoms with Gasteiger partial charge in [0.05, 0.1) is 0 Å². The Kier molecular flexibility index (Phi) is 22.4. The Hall–Kier alpha value is -2.32. The summed E-state index contributed by atoms with van der Waals surface area (Å²) in [7, 11) is -1.08. The summed E-state index contributed by atoms with van der Waals surface area (Å²) in [6, 6.07) is 4.97. The molecule has 0 saturated carbocycles. The zero-order valence-electron chi connectivity index (χ0n) is 23.4. The predicted molar refractivity (Wildman–Crippen MR) is 145 cm³/mol. The predicted octanol–water partition coefficient (Wildman–Crippen LogP) is 7.39. The average molecular weight is 499 g/mol. The Balaban J connectivity index is -0.00000116. The van der Waals surface area contributed by atoms with Crippen molar-refractivity contribution in [3.63, 3.8) is 0 Å². The van der Waals surface area contributed by atoms with E-state index in [1.54, 1.807) is 38.1 Å². The monoisotopic (exact) mass is 499 g/mol. The van der Waals surface area contributed by atoms with Crippen LogP contribution in [0, 0.1) is 0 Å². The van der Waals surface area contributed by atoms with E-state index >= 15 is 0 Å². The molecular weight excluding hydrogens is 454 g/mol. The highest BCUT2D eigenvalue weighted by atomic mass is 19.4. The Morgan fingerprint density at radius 2 is 1.54 bits per heavy atom. The lowest BCUT2D eigenvalue weighted by Gasteiger charge is -2.20. The summed E-state index contributed by atoms with van der Waals surface area (Å²) in [4.78, 5) is 12.5. The van der Waals surface area contributed by atoms with Crippen molar-refractivity contribution >= 4 is 24.2 Å². The first-order valence-corrected chi connectivity index (χ1v) is 12.4. The number of amides is 1. The van der Waals surface area contributed by atoms with Crippen LogP contribution in [-0.2, 0) is 15.9 Å². The van der Waals surface area contributed by atoms with Gasteiger partial charge in [-0.3, -0.25) is 4.79 Å². The van der Waals surface area contributed by atoms with E-state index in [0.717, 1.165) is 24.1 Å². The molecule has 1 heterocycles. The molecule has 8 heteroatoms. The number of carbonyl (C=O) groups excluding carboxylic acids is 1. The second-order valence-corrected chi connectivity index (χ2v) is 6.53. The van der Waals surface area contributed by atoms with Crippen molar-refractivity contribution in [2.75, 3.05) is 11.9 Å². The number of carbonyl (C=O) groups is 1. The summed E-state index contributed by atoms with van der Waals surface area (Å²) in [5.41, 5.74) is 1.65. The van der Waals surface area contributed by atoms with Gasteiger partial charge in [0.2, 0.25) is 0 Å². The third-order valence-electron chi connectivity index (χ3n) is 3.99. The van der Waals surface area contributed by atoms with Gasteiger partial charge >= 0.3 is 13.3 Å². The molecule has 1 aliphatic rings. The number of anilines is 1. The van der Waals surface area contributed by atoms with Crippen LogP contribution < -0.4 is 10.8 Å². The Labute approximate surface area is 211 Å². The molecule has 0 aromatic heterocycles. The first-order valence-electron chi connectivity index (χ1n) is 12.4. The highest BCUT2D eigenvalue weighted by Gasteiger charge is 2.30. The van der Waals surface area contributed by atoms with Crippen LogP contribution in [0.4, 0.5) is 18.9 Å². The van der Waals surface area contributed by atoms with E-state index < -0.39 is 24.8 Å². The second-order valence-electron chi connectivity index (χ2n) is 6.53. The molecule has 0 aliphatic carbocycles. The lowest BCUT2D eigenvalue weighted by molar-refractivity contribution is -0.112. The highest BCUT2D eigenvalue weighted by molar-refractivity contribution is 6.61. The van der Waals surface area contributed by atoms with E-state index in [-0.39, 0.29) is 5.57 Å². The molecule has 1 amide bonds. The van der Waals surface area contributed by atoms with Gasteiger partial charge in [-0.2, -0.15) is 13.2 Å². The normalized spacial score (nSPS) is 12.5. The van der Waals surface area contributed by atoms with Crippen molar-refractivity contribution in [1.82, 2.24) is 0 Å². The summed E-state index contributed by atoms with van der Waals surface area (Å²) >= 11 is 0. The summed E-state index contributed by atoms with van der Waals surface area (Å²) < 4.78 is 43.7. The molecule has 0 bridgehead atoms. The lowest BCUT2D eigenvalue weighted by Crippen LogP contribution is -2.41. The topological polar surface area (TPSA) is 58.6 Å². The van der Waals surface area contributed by atoms with Gasteiger partial charge in [-0.05, 0) is 62.5 Å². The van der Waals surface area contributed by atoms with Crippen molar-refractivity contribution in [2.24, 2.45) is 0 Å². The van der Waals surface area contributed by atoms with Gasteiger partial charge in [-0.15, -0.1) is 0 Å². The maximum absolute atomic E-state index is 12.8. The number of fused-ring (bicyclic) bond motifs is 1. The fraction of sp³-hybridized carbons (Fsp3) is 0.519. The first-order chi connectivity index (χ1) is 16.6. The number of nitrogens with one attached hydrogen (secondary N) is 1. The molecule has 0 spiro atoms. The van der Waals surface area contributed by atoms with E-state index in [0.29, 0.717) is 24.2 Å². The zero-order chi connectivity index (χ0) is 28.2. The molecule has 1 aromatic rings. The molecule has 200 valence electrons.